The first-order valence-corrected chi connectivity index (χ1v) is 7.86. The summed E-state index contributed by atoms with van der Waals surface area (Å²) in [5.74, 6) is -0.590. The molecular weight excluding hydrogens is 300 g/mol. The van der Waals surface area contributed by atoms with Crippen LogP contribution in [0.2, 0.25) is 0 Å². The smallest absolute Gasteiger partial charge is 0.277 e. The van der Waals surface area contributed by atoms with Gasteiger partial charge < -0.3 is 5.32 Å². The predicted octanol–water partition coefficient (Wildman–Crippen LogP) is 3.43. The Morgan fingerprint density at radius 3 is 2.29 bits per heavy atom. The molecule has 1 N–H and O–H groups in total. The van der Waals surface area contributed by atoms with Gasteiger partial charge in [-0.05, 0) is 55.2 Å². The molecule has 1 aliphatic rings. The number of carbonyl (C=O) groups excluding carboxylic acids is 2. The Balaban J connectivity index is 2.11. The lowest BCUT2D eigenvalue weighted by Gasteiger charge is -2.10. The van der Waals surface area contributed by atoms with Crippen molar-refractivity contribution in [3.63, 3.8) is 0 Å². The second-order valence-corrected chi connectivity index (χ2v) is 6.21. The molecule has 0 saturated heterocycles. The Kier molecular flexibility index (Phi) is 3.97. The Morgan fingerprint density at radius 2 is 1.62 bits per heavy atom. The molecule has 0 spiro atoms. The average Bonchev–Trinajstić information content (AvgIpc) is 2.75. The molecule has 2 aromatic carbocycles. The molecule has 122 valence electrons. The molecule has 1 aliphatic heterocycles. The van der Waals surface area contributed by atoms with E-state index >= 15 is 0 Å². The number of aryl methyl sites for hydroxylation is 3. The van der Waals surface area contributed by atoms with Crippen molar-refractivity contribution in [1.29, 1.82) is 0 Å². The fourth-order valence-corrected chi connectivity index (χ4v) is 2.79. The quantitative estimate of drug-likeness (QED) is 0.882. The normalized spacial score (nSPS) is 14.6. The van der Waals surface area contributed by atoms with Crippen LogP contribution in [0.15, 0.2) is 48.2 Å². The first-order valence-electron chi connectivity index (χ1n) is 7.86. The highest BCUT2D eigenvalue weighted by molar-refractivity contribution is 6.36. The maximum absolute atomic E-state index is 12.6. The molecule has 0 unspecified atom stereocenters. The third-order valence-electron chi connectivity index (χ3n) is 4.37. The zero-order valence-corrected chi connectivity index (χ0v) is 14.3. The van der Waals surface area contributed by atoms with Crippen molar-refractivity contribution in [2.24, 2.45) is 0 Å². The summed E-state index contributed by atoms with van der Waals surface area (Å²) in [6, 6.07) is 13.5. The summed E-state index contributed by atoms with van der Waals surface area (Å²) in [7, 11) is 1.51. The molecule has 0 fully saturated rings. The minimum absolute atomic E-state index is 0.279. The number of rotatable bonds is 3. The Hall–Kier alpha value is -2.88. The summed E-state index contributed by atoms with van der Waals surface area (Å²) in [5.41, 5.74) is 5.63. The molecule has 0 saturated carbocycles. The number of hydrogen-bond donors (Lipinski definition) is 1. The second-order valence-electron chi connectivity index (χ2n) is 6.21. The second kappa shape index (κ2) is 5.96. The van der Waals surface area contributed by atoms with Crippen LogP contribution in [0.1, 0.15) is 22.3 Å². The minimum Gasteiger partial charge on any atom is -0.350 e. The lowest BCUT2D eigenvalue weighted by molar-refractivity contribution is -0.135. The molecule has 0 radical (unpaired) electrons. The van der Waals surface area contributed by atoms with Gasteiger partial charge in [-0.2, -0.15) is 0 Å². The van der Waals surface area contributed by atoms with E-state index in [0.29, 0.717) is 11.3 Å². The summed E-state index contributed by atoms with van der Waals surface area (Å²) in [5, 5.41) is 3.14. The van der Waals surface area contributed by atoms with Gasteiger partial charge in [0, 0.05) is 12.7 Å². The van der Waals surface area contributed by atoms with Crippen molar-refractivity contribution in [2.75, 3.05) is 12.4 Å². The van der Waals surface area contributed by atoms with Crippen LogP contribution >= 0.6 is 0 Å². The molecule has 4 heteroatoms. The van der Waals surface area contributed by atoms with Crippen LogP contribution < -0.4 is 5.32 Å². The van der Waals surface area contributed by atoms with Crippen LogP contribution in [0.5, 0.6) is 0 Å². The first kappa shape index (κ1) is 16.0. The zero-order valence-electron chi connectivity index (χ0n) is 14.3. The van der Waals surface area contributed by atoms with Gasteiger partial charge in [0.1, 0.15) is 5.70 Å². The van der Waals surface area contributed by atoms with E-state index in [-0.39, 0.29) is 11.8 Å². The van der Waals surface area contributed by atoms with Crippen molar-refractivity contribution in [3.8, 4) is 0 Å². The number of imide groups is 1. The van der Waals surface area contributed by atoms with Gasteiger partial charge in [0.05, 0.1) is 5.57 Å². The summed E-state index contributed by atoms with van der Waals surface area (Å²) >= 11 is 0. The molecule has 24 heavy (non-hydrogen) atoms. The highest BCUT2D eigenvalue weighted by Gasteiger charge is 2.36. The van der Waals surface area contributed by atoms with E-state index in [1.54, 1.807) is 0 Å². The highest BCUT2D eigenvalue weighted by Crippen LogP contribution is 2.30. The summed E-state index contributed by atoms with van der Waals surface area (Å²) in [4.78, 5) is 26.3. The molecule has 4 nitrogen and oxygen atoms in total. The van der Waals surface area contributed by atoms with E-state index in [1.165, 1.54) is 7.05 Å². The van der Waals surface area contributed by atoms with Crippen LogP contribution in [0.25, 0.3) is 5.57 Å². The number of hydrogen-bond acceptors (Lipinski definition) is 3. The molecular formula is C20H20N2O2. The summed E-state index contributed by atoms with van der Waals surface area (Å²) in [6.07, 6.45) is 0. The van der Waals surface area contributed by atoms with E-state index in [1.807, 2.05) is 63.2 Å². The fraction of sp³-hybridized carbons (Fsp3) is 0.200. The van der Waals surface area contributed by atoms with Gasteiger partial charge in [-0.25, -0.2) is 0 Å². The SMILES string of the molecule is Cc1cccc(NC2=C(c3ccc(C)c(C)c3)C(=O)N(C)C2=O)c1. The molecule has 0 aliphatic carbocycles. The molecule has 2 amide bonds. The van der Waals surface area contributed by atoms with E-state index in [0.717, 1.165) is 32.8 Å². The number of benzene rings is 2. The van der Waals surface area contributed by atoms with Crippen molar-refractivity contribution in [1.82, 2.24) is 4.90 Å². The van der Waals surface area contributed by atoms with E-state index in [4.69, 9.17) is 0 Å². The van der Waals surface area contributed by atoms with E-state index in [2.05, 4.69) is 5.32 Å². The topological polar surface area (TPSA) is 49.4 Å². The number of anilines is 1. The number of nitrogens with one attached hydrogen (secondary N) is 1. The van der Waals surface area contributed by atoms with Gasteiger partial charge in [0.25, 0.3) is 11.8 Å². The summed E-state index contributed by atoms with van der Waals surface area (Å²) in [6.45, 7) is 6.00. The van der Waals surface area contributed by atoms with Gasteiger partial charge in [0.2, 0.25) is 0 Å². The molecule has 1 heterocycles. The summed E-state index contributed by atoms with van der Waals surface area (Å²) < 4.78 is 0. The number of nitrogens with zero attached hydrogens (tertiary/aromatic N) is 1. The van der Waals surface area contributed by atoms with Gasteiger partial charge in [-0.1, -0.05) is 30.3 Å². The van der Waals surface area contributed by atoms with Gasteiger partial charge in [-0.15, -0.1) is 0 Å². The van der Waals surface area contributed by atoms with Gasteiger partial charge >= 0.3 is 0 Å². The number of amides is 2. The van der Waals surface area contributed by atoms with Crippen molar-refractivity contribution in [3.05, 3.63) is 70.4 Å². The Morgan fingerprint density at radius 1 is 0.875 bits per heavy atom. The van der Waals surface area contributed by atoms with Crippen molar-refractivity contribution >= 4 is 23.1 Å². The maximum atomic E-state index is 12.6. The first-order chi connectivity index (χ1) is 11.4. The van der Waals surface area contributed by atoms with Gasteiger partial charge in [0.15, 0.2) is 0 Å². The Bertz CT molecular complexity index is 881. The predicted molar refractivity (Wildman–Crippen MR) is 95.4 cm³/mol. The van der Waals surface area contributed by atoms with E-state index < -0.39 is 0 Å². The van der Waals surface area contributed by atoms with E-state index in [9.17, 15) is 9.59 Å². The number of carbonyl (C=O) groups is 2. The minimum atomic E-state index is -0.310. The van der Waals surface area contributed by atoms with Crippen LogP contribution in [-0.4, -0.2) is 23.8 Å². The third kappa shape index (κ3) is 2.71. The van der Waals surface area contributed by atoms with Gasteiger partial charge in [-0.3, -0.25) is 14.5 Å². The standard InChI is InChI=1S/C20H20N2O2/c1-12-6-5-7-16(10-12)21-18-17(19(23)22(4)20(18)24)15-9-8-13(2)14(3)11-15/h5-11,21H,1-4H3. The van der Waals surface area contributed by atoms with Crippen molar-refractivity contribution in [2.45, 2.75) is 20.8 Å². The maximum Gasteiger partial charge on any atom is 0.277 e. The lowest BCUT2D eigenvalue weighted by Crippen LogP contribution is -2.27. The zero-order chi connectivity index (χ0) is 17.4. The molecule has 0 aromatic heterocycles. The fourth-order valence-electron chi connectivity index (χ4n) is 2.79. The molecule has 0 bridgehead atoms. The third-order valence-corrected chi connectivity index (χ3v) is 4.37. The van der Waals surface area contributed by atoms with Crippen LogP contribution in [0, 0.1) is 20.8 Å². The molecule has 2 aromatic rings. The van der Waals surface area contributed by atoms with Crippen LogP contribution in [0.3, 0.4) is 0 Å². The Labute approximate surface area is 141 Å². The average molecular weight is 320 g/mol. The largest absolute Gasteiger partial charge is 0.350 e. The molecule has 0 atom stereocenters. The lowest BCUT2D eigenvalue weighted by atomic mass is 9.99. The number of likely N-dealkylation sites (N-methyl/N-ethyl adjacent to an activating group) is 1. The van der Waals surface area contributed by atoms with Crippen molar-refractivity contribution < 1.29 is 9.59 Å². The highest BCUT2D eigenvalue weighted by atomic mass is 16.2. The van der Waals surface area contributed by atoms with Crippen LogP contribution in [-0.2, 0) is 9.59 Å². The molecule has 3 rings (SSSR count). The van der Waals surface area contributed by atoms with Crippen LogP contribution in [0.4, 0.5) is 5.69 Å². The monoisotopic (exact) mass is 320 g/mol.